The number of aryl methyl sites for hydroxylation is 1. The zero-order chi connectivity index (χ0) is 8.39. The zero-order valence-electron chi connectivity index (χ0n) is 7.25. The Morgan fingerprint density at radius 1 is 1.42 bits per heavy atom. The SMILES string of the molecule is Cc1ncc(C2CCNC2)cn1. The molecule has 1 N–H and O–H groups in total. The molecule has 3 nitrogen and oxygen atoms in total. The minimum Gasteiger partial charge on any atom is -0.316 e. The van der Waals surface area contributed by atoms with E-state index in [4.69, 9.17) is 0 Å². The van der Waals surface area contributed by atoms with E-state index in [1.807, 2.05) is 19.3 Å². The molecule has 1 aromatic heterocycles. The van der Waals surface area contributed by atoms with Gasteiger partial charge in [-0.1, -0.05) is 0 Å². The highest BCUT2D eigenvalue weighted by Gasteiger charge is 2.16. The number of hydrogen-bond acceptors (Lipinski definition) is 3. The topological polar surface area (TPSA) is 37.8 Å². The summed E-state index contributed by atoms with van der Waals surface area (Å²) in [5, 5.41) is 3.33. The minimum atomic E-state index is 0.630. The highest BCUT2D eigenvalue weighted by molar-refractivity contribution is 5.13. The van der Waals surface area contributed by atoms with Gasteiger partial charge in [0, 0.05) is 24.9 Å². The molecule has 3 heteroatoms. The van der Waals surface area contributed by atoms with E-state index in [0.29, 0.717) is 5.92 Å². The van der Waals surface area contributed by atoms with Gasteiger partial charge in [0.1, 0.15) is 5.82 Å². The number of aromatic nitrogens is 2. The van der Waals surface area contributed by atoms with E-state index in [2.05, 4.69) is 15.3 Å². The van der Waals surface area contributed by atoms with Gasteiger partial charge in [-0.2, -0.15) is 0 Å². The molecule has 0 amide bonds. The van der Waals surface area contributed by atoms with E-state index in [0.717, 1.165) is 18.9 Å². The largest absolute Gasteiger partial charge is 0.316 e. The Kier molecular flexibility index (Phi) is 2.04. The van der Waals surface area contributed by atoms with Crippen LogP contribution in [0.15, 0.2) is 12.4 Å². The third-order valence-electron chi connectivity index (χ3n) is 2.33. The number of nitrogens with one attached hydrogen (secondary N) is 1. The Bertz CT molecular complexity index is 249. The van der Waals surface area contributed by atoms with Crippen molar-refractivity contribution in [3.05, 3.63) is 23.8 Å². The lowest BCUT2D eigenvalue weighted by molar-refractivity contribution is 0.749. The van der Waals surface area contributed by atoms with Gasteiger partial charge in [-0.25, -0.2) is 9.97 Å². The first-order valence-corrected chi connectivity index (χ1v) is 4.35. The van der Waals surface area contributed by atoms with Crippen LogP contribution in [0.25, 0.3) is 0 Å². The van der Waals surface area contributed by atoms with E-state index in [-0.39, 0.29) is 0 Å². The molecule has 0 aromatic carbocycles. The summed E-state index contributed by atoms with van der Waals surface area (Å²) in [6.45, 7) is 4.11. The second-order valence-electron chi connectivity index (χ2n) is 3.25. The summed E-state index contributed by atoms with van der Waals surface area (Å²) in [5.74, 6) is 1.48. The second kappa shape index (κ2) is 3.19. The molecular formula is C9H13N3. The van der Waals surface area contributed by atoms with Crippen molar-refractivity contribution in [1.29, 1.82) is 0 Å². The molecule has 64 valence electrons. The maximum Gasteiger partial charge on any atom is 0.125 e. The zero-order valence-corrected chi connectivity index (χ0v) is 7.25. The molecular weight excluding hydrogens is 150 g/mol. The van der Waals surface area contributed by atoms with Crippen molar-refractivity contribution in [2.75, 3.05) is 13.1 Å². The van der Waals surface area contributed by atoms with Gasteiger partial charge in [-0.15, -0.1) is 0 Å². The maximum atomic E-state index is 4.18. The van der Waals surface area contributed by atoms with Crippen molar-refractivity contribution in [2.24, 2.45) is 0 Å². The van der Waals surface area contributed by atoms with Crippen LogP contribution >= 0.6 is 0 Å². The fraction of sp³-hybridized carbons (Fsp3) is 0.556. The Balaban J connectivity index is 2.17. The monoisotopic (exact) mass is 163 g/mol. The van der Waals surface area contributed by atoms with Crippen LogP contribution < -0.4 is 5.32 Å². The normalized spacial score (nSPS) is 22.9. The van der Waals surface area contributed by atoms with Gasteiger partial charge in [0.15, 0.2) is 0 Å². The number of hydrogen-bond donors (Lipinski definition) is 1. The minimum absolute atomic E-state index is 0.630. The molecule has 1 saturated heterocycles. The van der Waals surface area contributed by atoms with Crippen molar-refractivity contribution in [1.82, 2.24) is 15.3 Å². The molecule has 1 aliphatic rings. The van der Waals surface area contributed by atoms with Crippen LogP contribution in [0, 0.1) is 6.92 Å². The summed E-state index contributed by atoms with van der Waals surface area (Å²) in [5.41, 5.74) is 1.27. The van der Waals surface area contributed by atoms with E-state index in [9.17, 15) is 0 Å². The molecule has 0 aliphatic carbocycles. The van der Waals surface area contributed by atoms with E-state index in [1.165, 1.54) is 12.0 Å². The molecule has 0 saturated carbocycles. The lowest BCUT2D eigenvalue weighted by atomic mass is 10.0. The van der Waals surface area contributed by atoms with E-state index in [1.54, 1.807) is 0 Å². The predicted molar refractivity (Wildman–Crippen MR) is 47.0 cm³/mol. The van der Waals surface area contributed by atoms with Gasteiger partial charge in [0.2, 0.25) is 0 Å². The first kappa shape index (κ1) is 7.68. The standard InChI is InChI=1S/C9H13N3/c1-7-11-5-9(6-12-7)8-2-3-10-4-8/h5-6,8,10H,2-4H2,1H3. The highest BCUT2D eigenvalue weighted by atomic mass is 14.9. The van der Waals surface area contributed by atoms with Crippen LogP contribution in [0.5, 0.6) is 0 Å². The lowest BCUT2D eigenvalue weighted by Gasteiger charge is -2.06. The third kappa shape index (κ3) is 1.46. The quantitative estimate of drug-likeness (QED) is 0.667. The molecule has 12 heavy (non-hydrogen) atoms. The molecule has 0 radical (unpaired) electrons. The van der Waals surface area contributed by atoms with Gasteiger partial charge in [-0.3, -0.25) is 0 Å². The summed E-state index contributed by atoms with van der Waals surface area (Å²) >= 11 is 0. The van der Waals surface area contributed by atoms with Crippen LogP contribution in [0.4, 0.5) is 0 Å². The van der Waals surface area contributed by atoms with Crippen LogP contribution in [0.3, 0.4) is 0 Å². The number of nitrogens with zero attached hydrogens (tertiary/aromatic N) is 2. The van der Waals surface area contributed by atoms with Crippen molar-refractivity contribution in [2.45, 2.75) is 19.3 Å². The Hall–Kier alpha value is -0.960. The van der Waals surface area contributed by atoms with Gasteiger partial charge >= 0.3 is 0 Å². The lowest BCUT2D eigenvalue weighted by Crippen LogP contribution is -2.08. The van der Waals surface area contributed by atoms with Crippen molar-refractivity contribution in [3.63, 3.8) is 0 Å². The van der Waals surface area contributed by atoms with Crippen molar-refractivity contribution in [3.8, 4) is 0 Å². The molecule has 1 aliphatic heterocycles. The van der Waals surface area contributed by atoms with Gasteiger partial charge in [0.05, 0.1) is 0 Å². The molecule has 1 aromatic rings. The summed E-state index contributed by atoms with van der Waals surface area (Å²) in [7, 11) is 0. The maximum absolute atomic E-state index is 4.18. The van der Waals surface area contributed by atoms with Crippen molar-refractivity contribution >= 4 is 0 Å². The van der Waals surface area contributed by atoms with E-state index >= 15 is 0 Å². The average molecular weight is 163 g/mol. The molecule has 2 rings (SSSR count). The summed E-state index contributed by atoms with van der Waals surface area (Å²) in [4.78, 5) is 8.37. The van der Waals surface area contributed by atoms with Crippen LogP contribution in [-0.4, -0.2) is 23.1 Å². The Morgan fingerprint density at radius 2 is 2.17 bits per heavy atom. The second-order valence-corrected chi connectivity index (χ2v) is 3.25. The van der Waals surface area contributed by atoms with Gasteiger partial charge in [-0.05, 0) is 25.5 Å². The molecule has 1 fully saturated rings. The van der Waals surface area contributed by atoms with Gasteiger partial charge < -0.3 is 5.32 Å². The van der Waals surface area contributed by atoms with Crippen molar-refractivity contribution < 1.29 is 0 Å². The molecule has 0 bridgehead atoms. The number of rotatable bonds is 1. The third-order valence-corrected chi connectivity index (χ3v) is 2.33. The highest BCUT2D eigenvalue weighted by Crippen LogP contribution is 2.20. The molecule has 1 atom stereocenters. The first-order valence-electron chi connectivity index (χ1n) is 4.35. The summed E-state index contributed by atoms with van der Waals surface area (Å²) < 4.78 is 0. The Morgan fingerprint density at radius 3 is 2.75 bits per heavy atom. The predicted octanol–water partition coefficient (Wildman–Crippen LogP) is 0.862. The summed E-state index contributed by atoms with van der Waals surface area (Å²) in [6.07, 6.45) is 5.10. The van der Waals surface area contributed by atoms with Crippen LogP contribution in [0.1, 0.15) is 23.7 Å². The smallest absolute Gasteiger partial charge is 0.125 e. The molecule has 0 spiro atoms. The van der Waals surface area contributed by atoms with E-state index < -0.39 is 0 Å². The van der Waals surface area contributed by atoms with Crippen LogP contribution in [0.2, 0.25) is 0 Å². The first-order chi connectivity index (χ1) is 5.86. The Labute approximate surface area is 72.2 Å². The molecule has 2 heterocycles. The van der Waals surface area contributed by atoms with Gasteiger partial charge in [0.25, 0.3) is 0 Å². The molecule has 1 unspecified atom stereocenters. The fourth-order valence-corrected chi connectivity index (χ4v) is 1.55. The fourth-order valence-electron chi connectivity index (χ4n) is 1.55. The average Bonchev–Trinajstić information content (AvgIpc) is 2.58. The summed E-state index contributed by atoms with van der Waals surface area (Å²) in [6, 6.07) is 0. The van der Waals surface area contributed by atoms with Crippen LogP contribution in [-0.2, 0) is 0 Å².